The standard InChI is InChI=1S/C14H14O2/c1-11(2)13(14(15)16)10-6-9-12-7-4-3-5-8-12/h3-10H,1H2,2H3,(H,15,16). The molecule has 0 radical (unpaired) electrons. The molecule has 0 atom stereocenters. The summed E-state index contributed by atoms with van der Waals surface area (Å²) in [6.45, 7) is 5.30. The lowest BCUT2D eigenvalue weighted by molar-refractivity contribution is -0.132. The van der Waals surface area contributed by atoms with Gasteiger partial charge in [0.05, 0.1) is 5.57 Å². The van der Waals surface area contributed by atoms with Gasteiger partial charge in [0, 0.05) is 0 Å². The van der Waals surface area contributed by atoms with Crippen LogP contribution in [0.25, 0.3) is 6.08 Å². The molecule has 1 N–H and O–H groups in total. The minimum Gasteiger partial charge on any atom is -0.478 e. The van der Waals surface area contributed by atoms with Crippen LogP contribution in [0, 0.1) is 0 Å². The zero-order chi connectivity index (χ0) is 12.0. The summed E-state index contributed by atoms with van der Waals surface area (Å²) >= 11 is 0. The van der Waals surface area contributed by atoms with Crippen LogP contribution in [0.3, 0.4) is 0 Å². The third-order valence-corrected chi connectivity index (χ3v) is 2.04. The van der Waals surface area contributed by atoms with E-state index in [-0.39, 0.29) is 5.57 Å². The minimum absolute atomic E-state index is 0.229. The summed E-state index contributed by atoms with van der Waals surface area (Å²) in [7, 11) is 0. The monoisotopic (exact) mass is 214 g/mol. The van der Waals surface area contributed by atoms with Crippen molar-refractivity contribution in [3.63, 3.8) is 0 Å². The van der Waals surface area contributed by atoms with Crippen molar-refractivity contribution in [1.82, 2.24) is 0 Å². The van der Waals surface area contributed by atoms with Gasteiger partial charge in [-0.1, -0.05) is 49.1 Å². The number of hydrogen-bond acceptors (Lipinski definition) is 1. The van der Waals surface area contributed by atoms with Gasteiger partial charge < -0.3 is 5.11 Å². The lowest BCUT2D eigenvalue weighted by Gasteiger charge is -1.97. The first-order valence-electron chi connectivity index (χ1n) is 4.94. The molecule has 1 aromatic carbocycles. The summed E-state index contributed by atoms with van der Waals surface area (Å²) in [6.07, 6.45) is 5.12. The molecule has 0 saturated heterocycles. The number of carbonyl (C=O) groups is 1. The maximum absolute atomic E-state index is 10.8. The van der Waals surface area contributed by atoms with E-state index in [9.17, 15) is 4.79 Å². The SMILES string of the molecule is C=C(C)C(=CC=Cc1ccccc1)C(=O)O. The Balaban J connectivity index is 2.82. The third-order valence-electron chi connectivity index (χ3n) is 2.04. The van der Waals surface area contributed by atoms with Gasteiger partial charge in [-0.25, -0.2) is 4.79 Å². The molecule has 0 saturated carbocycles. The summed E-state index contributed by atoms with van der Waals surface area (Å²) in [4.78, 5) is 10.8. The normalized spacial score (nSPS) is 11.7. The first-order chi connectivity index (χ1) is 7.61. The first-order valence-corrected chi connectivity index (χ1v) is 4.94. The second-order valence-electron chi connectivity index (χ2n) is 3.44. The molecule has 1 aromatic rings. The van der Waals surface area contributed by atoms with E-state index >= 15 is 0 Å². The molecule has 16 heavy (non-hydrogen) atoms. The Morgan fingerprint density at radius 3 is 2.44 bits per heavy atom. The van der Waals surface area contributed by atoms with Crippen LogP contribution in [0.2, 0.25) is 0 Å². The average molecular weight is 214 g/mol. The topological polar surface area (TPSA) is 37.3 Å². The Hall–Kier alpha value is -2.09. The third kappa shape index (κ3) is 3.58. The molecule has 0 unspecified atom stereocenters. The molecular weight excluding hydrogens is 200 g/mol. The average Bonchev–Trinajstić information content (AvgIpc) is 2.24. The number of allylic oxidation sites excluding steroid dienone is 2. The van der Waals surface area contributed by atoms with E-state index in [4.69, 9.17) is 5.11 Å². The van der Waals surface area contributed by atoms with Crippen molar-refractivity contribution in [2.24, 2.45) is 0 Å². The molecule has 1 rings (SSSR count). The molecule has 0 aromatic heterocycles. The number of hydrogen-bond donors (Lipinski definition) is 1. The lowest BCUT2D eigenvalue weighted by Crippen LogP contribution is -2.00. The van der Waals surface area contributed by atoms with E-state index in [0.717, 1.165) is 5.56 Å². The summed E-state index contributed by atoms with van der Waals surface area (Å²) in [6, 6.07) is 9.70. The van der Waals surface area contributed by atoms with E-state index < -0.39 is 5.97 Å². The fraction of sp³-hybridized carbons (Fsp3) is 0.0714. The molecule has 2 heteroatoms. The molecule has 0 amide bonds. The highest BCUT2D eigenvalue weighted by atomic mass is 16.4. The number of aliphatic carboxylic acids is 1. The maximum atomic E-state index is 10.8. The highest BCUT2D eigenvalue weighted by molar-refractivity contribution is 5.91. The molecule has 0 bridgehead atoms. The van der Waals surface area contributed by atoms with Crippen LogP contribution >= 0.6 is 0 Å². The van der Waals surface area contributed by atoms with Crippen LogP contribution in [0.1, 0.15) is 12.5 Å². The molecule has 2 nitrogen and oxygen atoms in total. The largest absolute Gasteiger partial charge is 0.478 e. The number of carboxylic acids is 1. The van der Waals surface area contributed by atoms with Gasteiger partial charge in [0.15, 0.2) is 0 Å². The lowest BCUT2D eigenvalue weighted by atomic mass is 10.1. The van der Waals surface area contributed by atoms with E-state index in [2.05, 4.69) is 6.58 Å². The second kappa shape index (κ2) is 5.71. The second-order valence-corrected chi connectivity index (χ2v) is 3.44. The highest BCUT2D eigenvalue weighted by Crippen LogP contribution is 2.08. The van der Waals surface area contributed by atoms with Crippen LogP contribution in [-0.2, 0) is 4.79 Å². The Bertz CT molecular complexity index is 423. The Labute approximate surface area is 95.2 Å². The first kappa shape index (κ1) is 12.0. The van der Waals surface area contributed by atoms with Gasteiger partial charge in [-0.05, 0) is 24.1 Å². The molecule has 0 aliphatic heterocycles. The van der Waals surface area contributed by atoms with Crippen molar-refractivity contribution >= 4 is 12.0 Å². The van der Waals surface area contributed by atoms with Gasteiger partial charge in [-0.3, -0.25) is 0 Å². The molecular formula is C14H14O2. The number of carboxylic acid groups (broad SMARTS) is 1. The predicted molar refractivity (Wildman–Crippen MR) is 66.0 cm³/mol. The van der Waals surface area contributed by atoms with Crippen LogP contribution in [0.15, 0.2) is 60.2 Å². The Morgan fingerprint density at radius 2 is 1.94 bits per heavy atom. The van der Waals surface area contributed by atoms with Crippen molar-refractivity contribution in [1.29, 1.82) is 0 Å². The molecule has 0 aliphatic carbocycles. The molecule has 0 aliphatic rings. The van der Waals surface area contributed by atoms with Gasteiger partial charge in [0.25, 0.3) is 0 Å². The van der Waals surface area contributed by atoms with Crippen LogP contribution in [-0.4, -0.2) is 11.1 Å². The van der Waals surface area contributed by atoms with Gasteiger partial charge in [-0.15, -0.1) is 0 Å². The highest BCUT2D eigenvalue weighted by Gasteiger charge is 2.05. The quantitative estimate of drug-likeness (QED) is 0.616. The predicted octanol–water partition coefficient (Wildman–Crippen LogP) is 3.29. The van der Waals surface area contributed by atoms with Gasteiger partial charge in [0.1, 0.15) is 0 Å². The molecule has 0 heterocycles. The van der Waals surface area contributed by atoms with Gasteiger partial charge in [0.2, 0.25) is 0 Å². The van der Waals surface area contributed by atoms with Gasteiger partial charge in [-0.2, -0.15) is 0 Å². The van der Waals surface area contributed by atoms with Crippen molar-refractivity contribution in [2.45, 2.75) is 6.92 Å². The zero-order valence-electron chi connectivity index (χ0n) is 9.18. The fourth-order valence-electron chi connectivity index (χ4n) is 1.22. The molecule has 0 fully saturated rings. The Kier molecular flexibility index (Phi) is 4.28. The van der Waals surface area contributed by atoms with E-state index in [1.165, 1.54) is 0 Å². The molecule has 82 valence electrons. The summed E-state index contributed by atoms with van der Waals surface area (Å²) in [5.41, 5.74) is 1.81. The fourth-order valence-corrected chi connectivity index (χ4v) is 1.22. The maximum Gasteiger partial charge on any atom is 0.335 e. The van der Waals surface area contributed by atoms with E-state index in [0.29, 0.717) is 5.57 Å². The van der Waals surface area contributed by atoms with E-state index in [1.807, 2.05) is 36.4 Å². The van der Waals surface area contributed by atoms with Crippen LogP contribution in [0.4, 0.5) is 0 Å². The number of benzene rings is 1. The zero-order valence-corrected chi connectivity index (χ0v) is 9.18. The van der Waals surface area contributed by atoms with Gasteiger partial charge >= 0.3 is 5.97 Å². The van der Waals surface area contributed by atoms with Crippen molar-refractivity contribution in [3.8, 4) is 0 Å². The van der Waals surface area contributed by atoms with E-state index in [1.54, 1.807) is 19.1 Å². The summed E-state index contributed by atoms with van der Waals surface area (Å²) in [5.74, 6) is -0.954. The van der Waals surface area contributed by atoms with Crippen LogP contribution in [0.5, 0.6) is 0 Å². The Morgan fingerprint density at radius 1 is 1.31 bits per heavy atom. The van der Waals surface area contributed by atoms with Crippen molar-refractivity contribution in [2.75, 3.05) is 0 Å². The van der Waals surface area contributed by atoms with Crippen molar-refractivity contribution < 1.29 is 9.90 Å². The minimum atomic E-state index is -0.954. The summed E-state index contributed by atoms with van der Waals surface area (Å²) in [5, 5.41) is 8.88. The molecule has 0 spiro atoms. The van der Waals surface area contributed by atoms with Crippen LogP contribution < -0.4 is 0 Å². The smallest absolute Gasteiger partial charge is 0.335 e. The van der Waals surface area contributed by atoms with Crippen molar-refractivity contribution in [3.05, 3.63) is 65.8 Å². The number of rotatable bonds is 4. The summed E-state index contributed by atoms with van der Waals surface area (Å²) < 4.78 is 0.